The molecule has 1 fully saturated rings. The zero-order valence-electron chi connectivity index (χ0n) is 10.9. The molecule has 1 aliphatic carbocycles. The summed E-state index contributed by atoms with van der Waals surface area (Å²) in [6.45, 7) is 2.49. The highest BCUT2D eigenvalue weighted by Crippen LogP contribution is 2.32. The lowest BCUT2D eigenvalue weighted by Gasteiger charge is -2.12. The van der Waals surface area contributed by atoms with Crippen molar-refractivity contribution in [1.82, 2.24) is 5.32 Å². The Bertz CT molecular complexity index is 416. The molecular formula is C14H20N2O2. The molecule has 1 aromatic carbocycles. The van der Waals surface area contributed by atoms with Crippen molar-refractivity contribution in [3.05, 3.63) is 24.3 Å². The second kappa shape index (κ2) is 5.87. The summed E-state index contributed by atoms with van der Waals surface area (Å²) < 4.78 is 5.11. The lowest BCUT2D eigenvalue weighted by Crippen LogP contribution is -2.35. The third kappa shape index (κ3) is 3.74. The zero-order valence-corrected chi connectivity index (χ0v) is 10.9. The molecule has 1 saturated carbocycles. The largest absolute Gasteiger partial charge is 0.497 e. The quantitative estimate of drug-likeness (QED) is 0.809. The van der Waals surface area contributed by atoms with Crippen molar-refractivity contribution in [3.63, 3.8) is 0 Å². The molecule has 1 amide bonds. The molecule has 0 radical (unpaired) electrons. The molecule has 18 heavy (non-hydrogen) atoms. The number of hydrogen-bond donors (Lipinski definition) is 2. The molecule has 1 aromatic rings. The van der Waals surface area contributed by atoms with Gasteiger partial charge in [0.15, 0.2) is 0 Å². The number of carbonyl (C=O) groups excluding carboxylic acids is 1. The van der Waals surface area contributed by atoms with E-state index in [4.69, 9.17) is 4.74 Å². The number of anilines is 1. The van der Waals surface area contributed by atoms with Gasteiger partial charge in [0.25, 0.3) is 0 Å². The molecule has 1 atom stereocenters. The van der Waals surface area contributed by atoms with Gasteiger partial charge in [-0.05, 0) is 37.8 Å². The predicted molar refractivity (Wildman–Crippen MR) is 71.8 cm³/mol. The van der Waals surface area contributed by atoms with E-state index in [2.05, 4.69) is 17.6 Å². The van der Waals surface area contributed by atoms with Crippen molar-refractivity contribution < 1.29 is 9.53 Å². The van der Waals surface area contributed by atoms with E-state index < -0.39 is 0 Å². The summed E-state index contributed by atoms with van der Waals surface area (Å²) >= 11 is 0. The Labute approximate surface area is 108 Å². The first kappa shape index (κ1) is 12.9. The second-order valence-corrected chi connectivity index (χ2v) is 4.79. The summed E-state index contributed by atoms with van der Waals surface area (Å²) in [7, 11) is 1.61. The van der Waals surface area contributed by atoms with E-state index in [-0.39, 0.29) is 5.91 Å². The lowest BCUT2D eigenvalue weighted by molar-refractivity contribution is -0.115. The van der Waals surface area contributed by atoms with Gasteiger partial charge in [-0.2, -0.15) is 0 Å². The first-order valence-corrected chi connectivity index (χ1v) is 6.36. The molecule has 0 heterocycles. The molecule has 4 heteroatoms. The molecule has 98 valence electrons. The minimum absolute atomic E-state index is 0.0178. The van der Waals surface area contributed by atoms with E-state index in [1.54, 1.807) is 7.11 Å². The number of nitrogens with one attached hydrogen (secondary N) is 2. The molecule has 2 rings (SSSR count). The minimum Gasteiger partial charge on any atom is -0.497 e. The van der Waals surface area contributed by atoms with Crippen molar-refractivity contribution in [3.8, 4) is 5.75 Å². The monoisotopic (exact) mass is 248 g/mol. The van der Waals surface area contributed by atoms with Crippen LogP contribution >= 0.6 is 0 Å². The number of hydrogen-bond acceptors (Lipinski definition) is 3. The van der Waals surface area contributed by atoms with Crippen molar-refractivity contribution >= 4 is 11.6 Å². The molecule has 0 spiro atoms. The van der Waals surface area contributed by atoms with Crippen molar-refractivity contribution in [1.29, 1.82) is 0 Å². The minimum atomic E-state index is -0.0178. The van der Waals surface area contributed by atoms with Crippen LogP contribution in [0.2, 0.25) is 0 Å². The third-order valence-electron chi connectivity index (χ3n) is 3.27. The highest BCUT2D eigenvalue weighted by molar-refractivity contribution is 5.92. The van der Waals surface area contributed by atoms with Gasteiger partial charge in [-0.25, -0.2) is 0 Å². The smallest absolute Gasteiger partial charge is 0.238 e. The molecule has 1 unspecified atom stereocenters. The number of rotatable bonds is 6. The van der Waals surface area contributed by atoms with E-state index in [9.17, 15) is 4.79 Å². The van der Waals surface area contributed by atoms with Crippen molar-refractivity contribution in [2.45, 2.75) is 25.8 Å². The zero-order chi connectivity index (χ0) is 13.0. The highest BCUT2D eigenvalue weighted by Gasteiger charge is 2.27. The van der Waals surface area contributed by atoms with Crippen LogP contribution in [0.15, 0.2) is 24.3 Å². The molecular weight excluding hydrogens is 228 g/mol. The third-order valence-corrected chi connectivity index (χ3v) is 3.27. The molecule has 0 aliphatic heterocycles. The normalized spacial score (nSPS) is 16.1. The van der Waals surface area contributed by atoms with Gasteiger partial charge in [0.1, 0.15) is 5.75 Å². The van der Waals surface area contributed by atoms with Gasteiger partial charge in [0.05, 0.1) is 13.7 Å². The number of methoxy groups -OCH3 is 1. The van der Waals surface area contributed by atoms with Gasteiger partial charge in [-0.1, -0.05) is 6.07 Å². The Balaban J connectivity index is 1.78. The maximum absolute atomic E-state index is 11.7. The number of carbonyl (C=O) groups is 1. The van der Waals surface area contributed by atoms with Gasteiger partial charge in [-0.15, -0.1) is 0 Å². The maximum atomic E-state index is 11.7. The average Bonchev–Trinajstić information content (AvgIpc) is 3.20. The fraction of sp³-hybridized carbons (Fsp3) is 0.500. The molecule has 0 saturated heterocycles. The van der Waals surface area contributed by atoms with Gasteiger partial charge < -0.3 is 15.4 Å². The van der Waals surface area contributed by atoms with E-state index in [0.29, 0.717) is 12.6 Å². The van der Waals surface area contributed by atoms with E-state index in [1.807, 2.05) is 24.3 Å². The predicted octanol–water partition coefficient (Wildman–Crippen LogP) is 2.02. The SMILES string of the molecule is COc1cccc(NC(=O)CNC(C)C2CC2)c1. The first-order valence-electron chi connectivity index (χ1n) is 6.36. The molecule has 4 nitrogen and oxygen atoms in total. The second-order valence-electron chi connectivity index (χ2n) is 4.79. The van der Waals surface area contributed by atoms with Gasteiger partial charge in [-0.3, -0.25) is 4.79 Å². The lowest BCUT2D eigenvalue weighted by atomic mass is 10.2. The van der Waals surface area contributed by atoms with Crippen molar-refractivity contribution in [2.75, 3.05) is 19.0 Å². The number of ether oxygens (including phenoxy) is 1. The highest BCUT2D eigenvalue weighted by atomic mass is 16.5. The first-order chi connectivity index (χ1) is 8.69. The Hall–Kier alpha value is -1.55. The summed E-state index contributed by atoms with van der Waals surface area (Å²) in [4.78, 5) is 11.7. The van der Waals surface area contributed by atoms with E-state index in [0.717, 1.165) is 17.4 Å². The summed E-state index contributed by atoms with van der Waals surface area (Å²) in [5.41, 5.74) is 0.764. The summed E-state index contributed by atoms with van der Waals surface area (Å²) in [6, 6.07) is 7.80. The molecule has 1 aliphatic rings. The number of amides is 1. The van der Waals surface area contributed by atoms with Crippen molar-refractivity contribution in [2.24, 2.45) is 5.92 Å². The Morgan fingerprint density at radius 1 is 1.50 bits per heavy atom. The van der Waals surface area contributed by atoms with Crippen LogP contribution in [0.25, 0.3) is 0 Å². The van der Waals surface area contributed by atoms with Crippen LogP contribution < -0.4 is 15.4 Å². The van der Waals surface area contributed by atoms with Gasteiger partial charge in [0.2, 0.25) is 5.91 Å². The summed E-state index contributed by atoms with van der Waals surface area (Å²) in [5, 5.41) is 6.10. The fourth-order valence-corrected chi connectivity index (χ4v) is 1.92. The average molecular weight is 248 g/mol. The maximum Gasteiger partial charge on any atom is 0.238 e. The van der Waals surface area contributed by atoms with Gasteiger partial charge in [0, 0.05) is 17.8 Å². The topological polar surface area (TPSA) is 50.4 Å². The fourth-order valence-electron chi connectivity index (χ4n) is 1.92. The summed E-state index contributed by atoms with van der Waals surface area (Å²) in [5.74, 6) is 1.48. The van der Waals surface area contributed by atoms with Gasteiger partial charge >= 0.3 is 0 Å². The van der Waals surface area contributed by atoms with E-state index >= 15 is 0 Å². The Morgan fingerprint density at radius 3 is 2.94 bits per heavy atom. The van der Waals surface area contributed by atoms with Crippen LogP contribution in [0.1, 0.15) is 19.8 Å². The summed E-state index contributed by atoms with van der Waals surface area (Å²) in [6.07, 6.45) is 2.57. The molecule has 2 N–H and O–H groups in total. The van der Waals surface area contributed by atoms with Crippen LogP contribution in [0.4, 0.5) is 5.69 Å². The molecule has 0 aromatic heterocycles. The van der Waals surface area contributed by atoms with Crippen LogP contribution in [-0.4, -0.2) is 25.6 Å². The van der Waals surface area contributed by atoms with E-state index in [1.165, 1.54) is 12.8 Å². The standard InChI is InChI=1S/C14H20N2O2/c1-10(11-6-7-11)15-9-14(17)16-12-4-3-5-13(8-12)18-2/h3-5,8,10-11,15H,6-7,9H2,1-2H3,(H,16,17). The Kier molecular flexibility index (Phi) is 4.20. The van der Waals surface area contributed by atoms with Crippen LogP contribution in [0, 0.1) is 5.92 Å². The van der Waals surface area contributed by atoms with Crippen LogP contribution in [0.3, 0.4) is 0 Å². The van der Waals surface area contributed by atoms with Crippen LogP contribution in [0.5, 0.6) is 5.75 Å². The Morgan fingerprint density at radius 2 is 2.28 bits per heavy atom. The number of benzene rings is 1. The molecule has 0 bridgehead atoms. The van der Waals surface area contributed by atoms with Crippen LogP contribution in [-0.2, 0) is 4.79 Å².